The third kappa shape index (κ3) is 3.53. The van der Waals surface area contributed by atoms with E-state index in [9.17, 15) is 18.3 Å². The van der Waals surface area contributed by atoms with Gasteiger partial charge in [-0.25, -0.2) is 4.98 Å². The molecule has 1 aromatic heterocycles. The van der Waals surface area contributed by atoms with Crippen molar-refractivity contribution in [2.75, 3.05) is 30.9 Å². The van der Waals surface area contributed by atoms with Gasteiger partial charge in [0.05, 0.1) is 6.54 Å². The van der Waals surface area contributed by atoms with E-state index in [4.69, 9.17) is 0 Å². The Hall–Kier alpha value is -2.35. The van der Waals surface area contributed by atoms with E-state index in [1.54, 1.807) is 14.1 Å². The molecule has 0 fully saturated rings. The van der Waals surface area contributed by atoms with Crippen LogP contribution < -0.4 is 10.2 Å². The number of nitrogens with one attached hydrogen (secondary N) is 1. The fraction of sp³-hybridized carbons (Fsp3) is 0.412. The molecule has 134 valence electrons. The molecule has 1 atom stereocenters. The Balaban J connectivity index is 1.85. The van der Waals surface area contributed by atoms with Crippen LogP contribution in [0.5, 0.6) is 0 Å². The summed E-state index contributed by atoms with van der Waals surface area (Å²) in [5, 5.41) is 13.6. The van der Waals surface area contributed by atoms with E-state index >= 15 is 0 Å². The van der Waals surface area contributed by atoms with Gasteiger partial charge in [-0.05, 0) is 24.0 Å². The van der Waals surface area contributed by atoms with Crippen molar-refractivity contribution in [3.63, 3.8) is 0 Å². The first-order valence-corrected chi connectivity index (χ1v) is 7.87. The molecule has 0 amide bonds. The van der Waals surface area contributed by atoms with Crippen molar-refractivity contribution in [3.05, 3.63) is 47.2 Å². The van der Waals surface area contributed by atoms with Gasteiger partial charge >= 0.3 is 6.18 Å². The van der Waals surface area contributed by atoms with Gasteiger partial charge < -0.3 is 15.3 Å². The number of aryl methyl sites for hydroxylation is 1. The van der Waals surface area contributed by atoms with E-state index in [1.165, 1.54) is 4.90 Å². The number of hydrogen-bond acceptors (Lipinski definition) is 5. The van der Waals surface area contributed by atoms with E-state index in [0.717, 1.165) is 23.6 Å². The van der Waals surface area contributed by atoms with Crippen molar-refractivity contribution in [2.24, 2.45) is 0 Å². The number of benzene rings is 1. The van der Waals surface area contributed by atoms with Crippen LogP contribution >= 0.6 is 0 Å². The summed E-state index contributed by atoms with van der Waals surface area (Å²) in [7, 11) is 3.21. The SMILES string of the molecule is CN(C)c1cc(C(F)(F)F)nc(NC[C@@]2(O)CCc3ccccc32)n1. The minimum atomic E-state index is -4.57. The van der Waals surface area contributed by atoms with Gasteiger partial charge in [0.1, 0.15) is 11.4 Å². The molecule has 1 aliphatic carbocycles. The second-order valence-corrected chi connectivity index (χ2v) is 6.37. The van der Waals surface area contributed by atoms with E-state index in [1.807, 2.05) is 24.3 Å². The molecule has 25 heavy (non-hydrogen) atoms. The van der Waals surface area contributed by atoms with Crippen molar-refractivity contribution in [1.82, 2.24) is 9.97 Å². The molecule has 3 rings (SSSR count). The Labute approximate surface area is 143 Å². The summed E-state index contributed by atoms with van der Waals surface area (Å²) in [5.74, 6) is -0.0139. The van der Waals surface area contributed by atoms with Crippen LogP contribution in [-0.4, -0.2) is 35.7 Å². The van der Waals surface area contributed by atoms with E-state index in [2.05, 4.69) is 15.3 Å². The summed E-state index contributed by atoms with van der Waals surface area (Å²) >= 11 is 0. The molecule has 0 spiro atoms. The first kappa shape index (κ1) is 17.5. The number of rotatable bonds is 4. The average Bonchev–Trinajstić information content (AvgIpc) is 2.90. The Morgan fingerprint density at radius 1 is 1.24 bits per heavy atom. The number of nitrogens with zero attached hydrogens (tertiary/aromatic N) is 3. The molecule has 2 N–H and O–H groups in total. The van der Waals surface area contributed by atoms with Crippen LogP contribution in [0.4, 0.5) is 24.9 Å². The van der Waals surface area contributed by atoms with Gasteiger partial charge in [-0.3, -0.25) is 0 Å². The Kier molecular flexibility index (Phi) is 4.32. The lowest BCUT2D eigenvalue weighted by molar-refractivity contribution is -0.141. The van der Waals surface area contributed by atoms with Crippen LogP contribution in [-0.2, 0) is 18.2 Å². The van der Waals surface area contributed by atoms with Crippen LogP contribution in [0.3, 0.4) is 0 Å². The molecule has 5 nitrogen and oxygen atoms in total. The summed E-state index contributed by atoms with van der Waals surface area (Å²) in [5.41, 5.74) is -0.326. The zero-order valence-electron chi connectivity index (χ0n) is 13.9. The number of halogens is 3. The standard InChI is InChI=1S/C17H19F3N4O/c1-24(2)14-9-13(17(18,19)20)22-15(23-14)21-10-16(25)8-7-11-5-3-4-6-12(11)16/h3-6,9,25H,7-8,10H2,1-2H3,(H,21,22,23)/t16-/m0/s1. The van der Waals surface area contributed by atoms with Crippen molar-refractivity contribution >= 4 is 11.8 Å². The van der Waals surface area contributed by atoms with Crippen LogP contribution in [0.15, 0.2) is 30.3 Å². The lowest BCUT2D eigenvalue weighted by atomic mass is 9.96. The van der Waals surface area contributed by atoms with Crippen LogP contribution in [0.25, 0.3) is 0 Å². The third-order valence-electron chi connectivity index (χ3n) is 4.33. The third-order valence-corrected chi connectivity index (χ3v) is 4.33. The maximum absolute atomic E-state index is 13.0. The molecular formula is C17H19F3N4O. The number of hydrogen-bond donors (Lipinski definition) is 2. The van der Waals surface area contributed by atoms with Crippen molar-refractivity contribution in [2.45, 2.75) is 24.6 Å². The monoisotopic (exact) mass is 352 g/mol. The second kappa shape index (κ2) is 6.18. The molecule has 0 unspecified atom stereocenters. The molecule has 1 heterocycles. The summed E-state index contributed by atoms with van der Waals surface area (Å²) in [6.07, 6.45) is -3.35. The van der Waals surface area contributed by atoms with E-state index in [0.29, 0.717) is 6.42 Å². The maximum atomic E-state index is 13.0. The highest BCUT2D eigenvalue weighted by atomic mass is 19.4. The summed E-state index contributed by atoms with van der Waals surface area (Å²) in [4.78, 5) is 9.11. The fourth-order valence-electron chi connectivity index (χ4n) is 2.97. The molecule has 0 bridgehead atoms. The van der Waals surface area contributed by atoms with Crippen LogP contribution in [0.1, 0.15) is 23.2 Å². The average molecular weight is 352 g/mol. The normalized spacial score (nSPS) is 19.6. The second-order valence-electron chi connectivity index (χ2n) is 6.37. The highest BCUT2D eigenvalue weighted by molar-refractivity contribution is 5.45. The number of anilines is 2. The molecular weight excluding hydrogens is 333 g/mol. The van der Waals surface area contributed by atoms with Gasteiger partial charge in [0.25, 0.3) is 0 Å². The largest absolute Gasteiger partial charge is 0.433 e. The zero-order valence-corrected chi connectivity index (χ0v) is 13.9. The maximum Gasteiger partial charge on any atom is 0.433 e. The van der Waals surface area contributed by atoms with Gasteiger partial charge in [-0.2, -0.15) is 18.2 Å². The lowest BCUT2D eigenvalue weighted by Gasteiger charge is -2.25. The quantitative estimate of drug-likeness (QED) is 0.886. The topological polar surface area (TPSA) is 61.3 Å². The smallest absolute Gasteiger partial charge is 0.383 e. The molecule has 8 heteroatoms. The van der Waals surface area contributed by atoms with Crippen molar-refractivity contribution in [3.8, 4) is 0 Å². The van der Waals surface area contributed by atoms with Gasteiger partial charge in [0, 0.05) is 20.2 Å². The Morgan fingerprint density at radius 2 is 1.96 bits per heavy atom. The predicted molar refractivity (Wildman–Crippen MR) is 88.5 cm³/mol. The predicted octanol–water partition coefficient (Wildman–Crippen LogP) is 2.81. The summed E-state index contributed by atoms with van der Waals surface area (Å²) in [6.45, 7) is 0.0399. The molecule has 0 radical (unpaired) electrons. The summed E-state index contributed by atoms with van der Waals surface area (Å²) < 4.78 is 39.1. The van der Waals surface area contributed by atoms with E-state index < -0.39 is 17.5 Å². The number of alkyl halides is 3. The number of aromatic nitrogens is 2. The van der Waals surface area contributed by atoms with Crippen LogP contribution in [0.2, 0.25) is 0 Å². The molecule has 0 saturated carbocycles. The number of fused-ring (bicyclic) bond motifs is 1. The summed E-state index contributed by atoms with van der Waals surface area (Å²) in [6, 6.07) is 8.41. The lowest BCUT2D eigenvalue weighted by Crippen LogP contribution is -2.32. The molecule has 0 saturated heterocycles. The minimum absolute atomic E-state index is 0.0399. The fourth-order valence-corrected chi connectivity index (χ4v) is 2.97. The van der Waals surface area contributed by atoms with Crippen molar-refractivity contribution < 1.29 is 18.3 Å². The molecule has 0 aliphatic heterocycles. The minimum Gasteiger partial charge on any atom is -0.383 e. The first-order valence-electron chi connectivity index (χ1n) is 7.87. The Bertz CT molecular complexity index is 779. The van der Waals surface area contributed by atoms with E-state index in [-0.39, 0.29) is 18.3 Å². The van der Waals surface area contributed by atoms with Gasteiger partial charge in [-0.15, -0.1) is 0 Å². The highest BCUT2D eigenvalue weighted by Crippen LogP contribution is 2.37. The highest BCUT2D eigenvalue weighted by Gasteiger charge is 2.37. The van der Waals surface area contributed by atoms with Crippen LogP contribution in [0, 0.1) is 0 Å². The Morgan fingerprint density at radius 3 is 2.64 bits per heavy atom. The number of aliphatic hydroxyl groups is 1. The van der Waals surface area contributed by atoms with Gasteiger partial charge in [-0.1, -0.05) is 24.3 Å². The first-order chi connectivity index (χ1) is 11.7. The molecule has 1 aromatic carbocycles. The van der Waals surface area contributed by atoms with Crippen molar-refractivity contribution in [1.29, 1.82) is 0 Å². The van der Waals surface area contributed by atoms with Gasteiger partial charge in [0.2, 0.25) is 5.95 Å². The molecule has 2 aromatic rings. The zero-order chi connectivity index (χ0) is 18.2. The molecule has 1 aliphatic rings. The van der Waals surface area contributed by atoms with Gasteiger partial charge in [0.15, 0.2) is 5.69 Å².